The molecule has 9 nitrogen and oxygen atoms in total. The Hall–Kier alpha value is -3.98. The number of nitrogens with one attached hydrogen (secondary N) is 2. The van der Waals surface area contributed by atoms with Gasteiger partial charge in [-0.25, -0.2) is 4.98 Å². The standard InChI is InChI=1S/C27H29N5O4/c1-17-5-3-13-31-24(17)30-25-22(27(31)34)15-21(23(28)32(25)16-20-6-4-14-36-20)26(33)29-12-11-18-7-9-19(35-2)10-8-18/h3,5,7-10,13,15,20,28H,4,6,11-12,14,16H2,1-2H3,(H,29,33)/t20-/m0/s1. The first-order valence-corrected chi connectivity index (χ1v) is 12.1. The quantitative estimate of drug-likeness (QED) is 0.390. The predicted molar refractivity (Wildman–Crippen MR) is 136 cm³/mol. The zero-order chi connectivity index (χ0) is 25.2. The molecule has 1 fully saturated rings. The highest BCUT2D eigenvalue weighted by molar-refractivity contribution is 5.96. The zero-order valence-corrected chi connectivity index (χ0v) is 20.4. The molecule has 2 N–H and O–H groups in total. The minimum Gasteiger partial charge on any atom is -0.497 e. The van der Waals surface area contributed by atoms with Crippen molar-refractivity contribution < 1.29 is 14.3 Å². The molecule has 1 saturated heterocycles. The van der Waals surface area contributed by atoms with Crippen LogP contribution < -0.4 is 21.1 Å². The third kappa shape index (κ3) is 4.49. The van der Waals surface area contributed by atoms with Crippen LogP contribution in [0.4, 0.5) is 0 Å². The van der Waals surface area contributed by atoms with Crippen molar-refractivity contribution in [3.8, 4) is 5.75 Å². The molecule has 4 heterocycles. The number of aromatic nitrogens is 3. The van der Waals surface area contributed by atoms with E-state index in [0.29, 0.717) is 42.8 Å². The van der Waals surface area contributed by atoms with Gasteiger partial charge in [-0.3, -0.25) is 19.4 Å². The summed E-state index contributed by atoms with van der Waals surface area (Å²) in [6.07, 6.45) is 4.01. The lowest BCUT2D eigenvalue weighted by Gasteiger charge is -2.18. The van der Waals surface area contributed by atoms with E-state index >= 15 is 0 Å². The molecular weight excluding hydrogens is 458 g/mol. The van der Waals surface area contributed by atoms with Crippen LogP contribution in [0.3, 0.4) is 0 Å². The first-order chi connectivity index (χ1) is 17.5. The Kier molecular flexibility index (Phi) is 6.56. The normalized spacial score (nSPS) is 15.4. The number of pyridine rings is 2. The average molecular weight is 488 g/mol. The van der Waals surface area contributed by atoms with Crippen LogP contribution in [-0.2, 0) is 17.7 Å². The molecule has 1 atom stereocenters. The van der Waals surface area contributed by atoms with E-state index in [2.05, 4.69) is 5.32 Å². The molecule has 0 aliphatic carbocycles. The minimum absolute atomic E-state index is 0.0183. The van der Waals surface area contributed by atoms with Crippen LogP contribution in [0.5, 0.6) is 5.75 Å². The van der Waals surface area contributed by atoms with Gasteiger partial charge in [-0.1, -0.05) is 18.2 Å². The summed E-state index contributed by atoms with van der Waals surface area (Å²) in [7, 11) is 1.62. The molecule has 0 unspecified atom stereocenters. The summed E-state index contributed by atoms with van der Waals surface area (Å²) in [5.41, 5.74) is 2.72. The SMILES string of the molecule is COc1ccc(CCNC(=O)c2cc3c(=O)n4cccc(C)c4nc3n(C[C@@H]3CCCO3)c2=N)cc1. The lowest BCUT2D eigenvalue weighted by atomic mass is 10.1. The number of hydrogen-bond acceptors (Lipinski definition) is 6. The molecule has 0 spiro atoms. The Balaban J connectivity index is 1.52. The Bertz CT molecular complexity index is 1550. The first kappa shape index (κ1) is 23.7. The van der Waals surface area contributed by atoms with Gasteiger partial charge in [0.1, 0.15) is 22.5 Å². The lowest BCUT2D eigenvalue weighted by Crippen LogP contribution is -2.37. The molecule has 1 amide bonds. The summed E-state index contributed by atoms with van der Waals surface area (Å²) >= 11 is 0. The van der Waals surface area contributed by atoms with Crippen molar-refractivity contribution in [1.29, 1.82) is 5.41 Å². The summed E-state index contributed by atoms with van der Waals surface area (Å²) in [4.78, 5) is 31.4. The molecule has 9 heteroatoms. The molecule has 0 bridgehead atoms. The summed E-state index contributed by atoms with van der Waals surface area (Å²) in [5, 5.41) is 12.1. The third-order valence-corrected chi connectivity index (χ3v) is 6.65. The monoisotopic (exact) mass is 487 g/mol. The van der Waals surface area contributed by atoms with Crippen LogP contribution in [0.15, 0.2) is 53.5 Å². The van der Waals surface area contributed by atoms with Crippen molar-refractivity contribution in [3.63, 3.8) is 0 Å². The van der Waals surface area contributed by atoms with E-state index < -0.39 is 5.91 Å². The summed E-state index contributed by atoms with van der Waals surface area (Å²) in [5.74, 6) is 0.376. The molecular formula is C27H29N5O4. The number of benzene rings is 1. The van der Waals surface area contributed by atoms with Gasteiger partial charge in [0.15, 0.2) is 0 Å². The van der Waals surface area contributed by atoms with Gasteiger partial charge < -0.3 is 19.4 Å². The number of carbonyl (C=O) groups is 1. The maximum atomic E-state index is 13.4. The second-order valence-electron chi connectivity index (χ2n) is 9.05. The number of carbonyl (C=O) groups excluding carboxylic acids is 1. The second kappa shape index (κ2) is 9.94. The predicted octanol–water partition coefficient (Wildman–Crippen LogP) is 2.60. The molecule has 0 radical (unpaired) electrons. The Morgan fingerprint density at radius 3 is 2.78 bits per heavy atom. The van der Waals surface area contributed by atoms with E-state index in [9.17, 15) is 9.59 Å². The molecule has 1 aliphatic rings. The molecule has 5 rings (SSSR count). The van der Waals surface area contributed by atoms with E-state index in [-0.39, 0.29) is 22.7 Å². The van der Waals surface area contributed by atoms with Crippen LogP contribution in [0.2, 0.25) is 0 Å². The van der Waals surface area contributed by atoms with E-state index in [0.717, 1.165) is 29.7 Å². The van der Waals surface area contributed by atoms with Crippen molar-refractivity contribution in [1.82, 2.24) is 19.3 Å². The Labute approximate surface area is 207 Å². The van der Waals surface area contributed by atoms with Gasteiger partial charge in [-0.15, -0.1) is 0 Å². The van der Waals surface area contributed by atoms with Gasteiger partial charge in [0.05, 0.1) is 30.7 Å². The summed E-state index contributed by atoms with van der Waals surface area (Å²) in [6.45, 7) is 3.31. The topological polar surface area (TPSA) is 111 Å². The van der Waals surface area contributed by atoms with Gasteiger partial charge in [0.2, 0.25) is 0 Å². The van der Waals surface area contributed by atoms with Crippen LogP contribution in [-0.4, -0.2) is 46.2 Å². The first-order valence-electron chi connectivity index (χ1n) is 12.1. The number of amides is 1. The van der Waals surface area contributed by atoms with Gasteiger partial charge >= 0.3 is 0 Å². The molecule has 1 aromatic carbocycles. The lowest BCUT2D eigenvalue weighted by molar-refractivity contribution is 0.0933. The number of methoxy groups -OCH3 is 1. The van der Waals surface area contributed by atoms with E-state index in [1.807, 2.05) is 37.3 Å². The van der Waals surface area contributed by atoms with Crippen molar-refractivity contribution in [2.45, 2.75) is 38.8 Å². The van der Waals surface area contributed by atoms with Crippen LogP contribution in [0.25, 0.3) is 16.7 Å². The zero-order valence-electron chi connectivity index (χ0n) is 20.4. The largest absolute Gasteiger partial charge is 0.497 e. The maximum absolute atomic E-state index is 13.4. The van der Waals surface area contributed by atoms with Crippen molar-refractivity contribution in [3.05, 3.63) is 81.2 Å². The maximum Gasteiger partial charge on any atom is 0.267 e. The number of aryl methyl sites for hydroxylation is 1. The number of ether oxygens (including phenoxy) is 2. The van der Waals surface area contributed by atoms with Gasteiger partial charge in [-0.2, -0.15) is 0 Å². The fraction of sp³-hybridized carbons (Fsp3) is 0.333. The molecule has 3 aromatic heterocycles. The van der Waals surface area contributed by atoms with E-state index in [4.69, 9.17) is 19.9 Å². The average Bonchev–Trinajstić information content (AvgIpc) is 3.40. The fourth-order valence-corrected chi connectivity index (χ4v) is 4.65. The second-order valence-corrected chi connectivity index (χ2v) is 9.05. The Morgan fingerprint density at radius 1 is 1.25 bits per heavy atom. The number of rotatable bonds is 7. The van der Waals surface area contributed by atoms with Crippen molar-refractivity contribution >= 4 is 22.6 Å². The van der Waals surface area contributed by atoms with Crippen LogP contribution in [0.1, 0.15) is 34.3 Å². The molecule has 4 aromatic rings. The third-order valence-electron chi connectivity index (χ3n) is 6.65. The highest BCUT2D eigenvalue weighted by atomic mass is 16.5. The molecule has 1 aliphatic heterocycles. The van der Waals surface area contributed by atoms with Crippen molar-refractivity contribution in [2.24, 2.45) is 0 Å². The molecule has 36 heavy (non-hydrogen) atoms. The van der Waals surface area contributed by atoms with Crippen LogP contribution in [0, 0.1) is 12.3 Å². The van der Waals surface area contributed by atoms with Gasteiger partial charge in [-0.05, 0) is 61.6 Å². The van der Waals surface area contributed by atoms with Crippen LogP contribution >= 0.6 is 0 Å². The van der Waals surface area contributed by atoms with Crippen molar-refractivity contribution in [2.75, 3.05) is 20.3 Å². The Morgan fingerprint density at radius 2 is 2.06 bits per heavy atom. The van der Waals surface area contributed by atoms with E-state index in [1.54, 1.807) is 23.9 Å². The van der Waals surface area contributed by atoms with Gasteiger partial charge in [0.25, 0.3) is 11.5 Å². The van der Waals surface area contributed by atoms with Gasteiger partial charge in [0, 0.05) is 19.3 Å². The number of hydrogen-bond donors (Lipinski definition) is 2. The van der Waals surface area contributed by atoms with E-state index in [1.165, 1.54) is 10.5 Å². The molecule has 0 saturated carbocycles. The smallest absolute Gasteiger partial charge is 0.267 e. The fourth-order valence-electron chi connectivity index (χ4n) is 4.65. The highest BCUT2D eigenvalue weighted by Crippen LogP contribution is 2.18. The summed E-state index contributed by atoms with van der Waals surface area (Å²) < 4.78 is 14.1. The summed E-state index contributed by atoms with van der Waals surface area (Å²) in [6, 6.07) is 12.8. The minimum atomic E-state index is -0.398. The number of fused-ring (bicyclic) bond motifs is 2. The highest BCUT2D eigenvalue weighted by Gasteiger charge is 2.22. The number of nitrogens with zero attached hydrogens (tertiary/aromatic N) is 3. The molecule has 186 valence electrons.